The molecule has 1 atom stereocenters. The standard InChI is InChI=1S/C18H17ClN2O3/c1-11-7-8-13(9-14(11)19)20-17(22)10-21-15-5-3-4-6-16(15)24-12(2)18(21)23/h3-9,12H,10H2,1-2H3,(H,20,22). The Kier molecular flexibility index (Phi) is 4.44. The average molecular weight is 345 g/mol. The Bertz CT molecular complexity index is 807. The van der Waals surface area contributed by atoms with Gasteiger partial charge in [-0.1, -0.05) is 29.8 Å². The van der Waals surface area contributed by atoms with Crippen molar-refractivity contribution < 1.29 is 14.3 Å². The highest BCUT2D eigenvalue weighted by Crippen LogP contribution is 2.33. The van der Waals surface area contributed by atoms with Gasteiger partial charge < -0.3 is 10.1 Å². The van der Waals surface area contributed by atoms with Gasteiger partial charge in [0.1, 0.15) is 12.3 Å². The molecule has 1 unspecified atom stereocenters. The molecule has 0 radical (unpaired) electrons. The number of carbonyl (C=O) groups is 2. The summed E-state index contributed by atoms with van der Waals surface area (Å²) in [6, 6.07) is 12.5. The Labute approximate surface area is 145 Å². The number of anilines is 2. The SMILES string of the molecule is Cc1ccc(NC(=O)CN2C(=O)C(C)Oc3ccccc32)cc1Cl. The van der Waals surface area contributed by atoms with Crippen molar-refractivity contribution in [2.75, 3.05) is 16.8 Å². The summed E-state index contributed by atoms with van der Waals surface area (Å²) in [6.07, 6.45) is -0.624. The van der Waals surface area contributed by atoms with Gasteiger partial charge in [-0.15, -0.1) is 0 Å². The number of hydrogen-bond acceptors (Lipinski definition) is 3. The van der Waals surface area contributed by atoms with Gasteiger partial charge in [-0.2, -0.15) is 0 Å². The van der Waals surface area contributed by atoms with Crippen LogP contribution in [-0.4, -0.2) is 24.5 Å². The molecular weight excluding hydrogens is 328 g/mol. The van der Waals surface area contributed by atoms with Gasteiger partial charge in [-0.05, 0) is 43.7 Å². The van der Waals surface area contributed by atoms with Crippen LogP contribution in [0.2, 0.25) is 5.02 Å². The zero-order valence-electron chi connectivity index (χ0n) is 13.4. The summed E-state index contributed by atoms with van der Waals surface area (Å²) >= 11 is 6.07. The van der Waals surface area contributed by atoms with Crippen molar-refractivity contribution in [1.82, 2.24) is 0 Å². The minimum atomic E-state index is -0.624. The minimum Gasteiger partial charge on any atom is -0.479 e. The summed E-state index contributed by atoms with van der Waals surface area (Å²) in [5, 5.41) is 3.34. The molecule has 0 saturated heterocycles. The lowest BCUT2D eigenvalue weighted by Gasteiger charge is -2.32. The fourth-order valence-corrected chi connectivity index (χ4v) is 2.72. The van der Waals surface area contributed by atoms with E-state index in [1.165, 1.54) is 4.90 Å². The Morgan fingerprint density at radius 3 is 2.79 bits per heavy atom. The highest BCUT2D eigenvalue weighted by molar-refractivity contribution is 6.31. The number of carbonyl (C=O) groups excluding carboxylic acids is 2. The Hall–Kier alpha value is -2.53. The molecule has 0 bridgehead atoms. The third kappa shape index (κ3) is 3.21. The molecule has 6 heteroatoms. The fourth-order valence-electron chi connectivity index (χ4n) is 2.54. The summed E-state index contributed by atoms with van der Waals surface area (Å²) in [6.45, 7) is 3.47. The third-order valence-electron chi connectivity index (χ3n) is 3.83. The molecule has 2 amide bonds. The quantitative estimate of drug-likeness (QED) is 0.928. The predicted octanol–water partition coefficient (Wildman–Crippen LogP) is 3.40. The summed E-state index contributed by atoms with van der Waals surface area (Å²) in [5.74, 6) is 0.0498. The van der Waals surface area contributed by atoms with Gasteiger partial charge in [0.05, 0.1) is 5.69 Å². The van der Waals surface area contributed by atoms with E-state index in [1.54, 1.807) is 37.3 Å². The lowest BCUT2D eigenvalue weighted by molar-refractivity contribution is -0.127. The van der Waals surface area contributed by atoms with Gasteiger partial charge in [-0.25, -0.2) is 0 Å². The molecule has 24 heavy (non-hydrogen) atoms. The van der Waals surface area contributed by atoms with Gasteiger partial charge >= 0.3 is 0 Å². The van der Waals surface area contributed by atoms with E-state index in [1.807, 2.05) is 19.1 Å². The van der Waals surface area contributed by atoms with Gasteiger partial charge in [-0.3, -0.25) is 14.5 Å². The molecule has 5 nitrogen and oxygen atoms in total. The number of amides is 2. The molecule has 1 aliphatic rings. The number of hydrogen-bond donors (Lipinski definition) is 1. The molecule has 0 aliphatic carbocycles. The molecule has 0 spiro atoms. The van der Waals surface area contributed by atoms with Crippen LogP contribution in [-0.2, 0) is 9.59 Å². The number of para-hydroxylation sites is 2. The fraction of sp³-hybridized carbons (Fsp3) is 0.222. The Morgan fingerprint density at radius 2 is 2.04 bits per heavy atom. The maximum atomic E-state index is 12.4. The smallest absolute Gasteiger partial charge is 0.268 e. The maximum Gasteiger partial charge on any atom is 0.268 e. The van der Waals surface area contributed by atoms with Crippen molar-refractivity contribution in [3.05, 3.63) is 53.1 Å². The second-order valence-electron chi connectivity index (χ2n) is 5.66. The van der Waals surface area contributed by atoms with Crippen molar-refractivity contribution in [1.29, 1.82) is 0 Å². The summed E-state index contributed by atoms with van der Waals surface area (Å²) in [5.41, 5.74) is 2.12. The highest BCUT2D eigenvalue weighted by atomic mass is 35.5. The van der Waals surface area contributed by atoms with E-state index in [0.29, 0.717) is 22.1 Å². The molecular formula is C18H17ClN2O3. The van der Waals surface area contributed by atoms with E-state index in [4.69, 9.17) is 16.3 Å². The topological polar surface area (TPSA) is 58.6 Å². The monoisotopic (exact) mass is 344 g/mol. The van der Waals surface area contributed by atoms with Crippen LogP contribution in [0.1, 0.15) is 12.5 Å². The van der Waals surface area contributed by atoms with Crippen LogP contribution in [0.5, 0.6) is 5.75 Å². The zero-order chi connectivity index (χ0) is 17.3. The van der Waals surface area contributed by atoms with Gasteiger partial charge in [0, 0.05) is 10.7 Å². The number of benzene rings is 2. The summed E-state index contributed by atoms with van der Waals surface area (Å²) in [4.78, 5) is 26.2. The first-order valence-corrected chi connectivity index (χ1v) is 7.96. The second-order valence-corrected chi connectivity index (χ2v) is 6.07. The van der Waals surface area contributed by atoms with Gasteiger partial charge in [0.15, 0.2) is 6.10 Å². The van der Waals surface area contributed by atoms with Crippen LogP contribution in [0.4, 0.5) is 11.4 Å². The predicted molar refractivity (Wildman–Crippen MR) is 93.7 cm³/mol. The zero-order valence-corrected chi connectivity index (χ0v) is 14.1. The van der Waals surface area contributed by atoms with E-state index < -0.39 is 6.10 Å². The number of aryl methyl sites for hydroxylation is 1. The van der Waals surface area contributed by atoms with Crippen molar-refractivity contribution in [2.24, 2.45) is 0 Å². The van der Waals surface area contributed by atoms with Crippen molar-refractivity contribution in [2.45, 2.75) is 20.0 Å². The molecule has 3 rings (SSSR count). The third-order valence-corrected chi connectivity index (χ3v) is 4.24. The Morgan fingerprint density at radius 1 is 1.29 bits per heavy atom. The highest BCUT2D eigenvalue weighted by Gasteiger charge is 2.32. The maximum absolute atomic E-state index is 12.4. The van der Waals surface area contributed by atoms with Crippen molar-refractivity contribution in [3.8, 4) is 5.75 Å². The van der Waals surface area contributed by atoms with Crippen molar-refractivity contribution >= 4 is 34.8 Å². The second kappa shape index (κ2) is 6.53. The van der Waals surface area contributed by atoms with Gasteiger partial charge in [0.25, 0.3) is 5.91 Å². The van der Waals surface area contributed by atoms with E-state index in [-0.39, 0.29) is 18.4 Å². The molecule has 124 valence electrons. The molecule has 2 aromatic rings. The number of fused-ring (bicyclic) bond motifs is 1. The molecule has 1 heterocycles. The van der Waals surface area contributed by atoms with Crippen LogP contribution in [0.3, 0.4) is 0 Å². The first kappa shape index (κ1) is 16.3. The van der Waals surface area contributed by atoms with E-state index >= 15 is 0 Å². The van der Waals surface area contributed by atoms with Crippen LogP contribution < -0.4 is 15.0 Å². The van der Waals surface area contributed by atoms with Crippen LogP contribution in [0.15, 0.2) is 42.5 Å². The largest absolute Gasteiger partial charge is 0.479 e. The molecule has 0 aromatic heterocycles. The van der Waals surface area contributed by atoms with E-state index in [0.717, 1.165) is 5.56 Å². The Balaban J connectivity index is 1.78. The van der Waals surface area contributed by atoms with Crippen LogP contribution in [0, 0.1) is 6.92 Å². The first-order chi connectivity index (χ1) is 11.5. The summed E-state index contributed by atoms with van der Waals surface area (Å²) < 4.78 is 5.56. The number of ether oxygens (including phenoxy) is 1. The minimum absolute atomic E-state index is 0.0883. The molecule has 1 N–H and O–H groups in total. The normalized spacial score (nSPS) is 16.4. The lowest BCUT2D eigenvalue weighted by Crippen LogP contribution is -2.47. The van der Waals surface area contributed by atoms with E-state index in [9.17, 15) is 9.59 Å². The van der Waals surface area contributed by atoms with Crippen LogP contribution >= 0.6 is 11.6 Å². The number of nitrogens with zero attached hydrogens (tertiary/aromatic N) is 1. The first-order valence-electron chi connectivity index (χ1n) is 7.59. The number of rotatable bonds is 3. The van der Waals surface area contributed by atoms with Crippen molar-refractivity contribution in [3.63, 3.8) is 0 Å². The van der Waals surface area contributed by atoms with Gasteiger partial charge in [0.2, 0.25) is 5.91 Å². The van der Waals surface area contributed by atoms with E-state index in [2.05, 4.69) is 5.32 Å². The average Bonchev–Trinajstić information content (AvgIpc) is 2.55. The molecule has 1 aliphatic heterocycles. The van der Waals surface area contributed by atoms with Crippen LogP contribution in [0.25, 0.3) is 0 Å². The number of halogens is 1. The molecule has 2 aromatic carbocycles. The summed E-state index contributed by atoms with van der Waals surface area (Å²) in [7, 11) is 0. The molecule has 0 fully saturated rings. The lowest BCUT2D eigenvalue weighted by atomic mass is 10.2. The molecule has 0 saturated carbocycles. The number of nitrogens with one attached hydrogen (secondary N) is 1.